The predicted octanol–water partition coefficient (Wildman–Crippen LogP) is 3.57. The minimum absolute atomic E-state index is 0.0527. The maximum absolute atomic E-state index is 11.3. The Labute approximate surface area is 116 Å². The van der Waals surface area contributed by atoms with E-state index in [1.807, 2.05) is 0 Å². The fourth-order valence-electron chi connectivity index (χ4n) is 2.49. The van der Waals surface area contributed by atoms with Crippen molar-refractivity contribution in [2.75, 3.05) is 19.0 Å². The van der Waals surface area contributed by atoms with E-state index in [-0.39, 0.29) is 16.6 Å². The molecule has 5 heteroatoms. The Balaban J connectivity index is 2.44. The lowest BCUT2D eigenvalue weighted by molar-refractivity contribution is 0.0443. The number of ether oxygens (including phenoxy) is 1. The van der Waals surface area contributed by atoms with Gasteiger partial charge in [-0.25, -0.2) is 8.42 Å². The molecule has 0 aromatic heterocycles. The normalized spacial score (nSPS) is 20.2. The maximum atomic E-state index is 11.3. The standard InChI is InChI=1S/C13H25ClO3S/c1-12(2,3)8-9-17-10-13(6-4-5-7-13)11-18(14,15)16/h4-11H2,1-3H3. The summed E-state index contributed by atoms with van der Waals surface area (Å²) in [4.78, 5) is 0. The second-order valence-electron chi connectivity index (χ2n) is 6.75. The number of halogens is 1. The van der Waals surface area contributed by atoms with Gasteiger partial charge in [0.15, 0.2) is 0 Å². The summed E-state index contributed by atoms with van der Waals surface area (Å²) >= 11 is 0. The molecular formula is C13H25ClO3S. The number of rotatable bonds is 6. The van der Waals surface area contributed by atoms with Crippen molar-refractivity contribution in [3.63, 3.8) is 0 Å². The van der Waals surface area contributed by atoms with Crippen molar-refractivity contribution in [3.8, 4) is 0 Å². The molecular weight excluding hydrogens is 272 g/mol. The van der Waals surface area contributed by atoms with Gasteiger partial charge in [-0.15, -0.1) is 0 Å². The summed E-state index contributed by atoms with van der Waals surface area (Å²) in [7, 11) is 1.97. The smallest absolute Gasteiger partial charge is 0.233 e. The van der Waals surface area contributed by atoms with Crippen LogP contribution in [-0.2, 0) is 13.8 Å². The van der Waals surface area contributed by atoms with Gasteiger partial charge in [0.25, 0.3) is 0 Å². The summed E-state index contributed by atoms with van der Waals surface area (Å²) in [5.74, 6) is 0.0527. The van der Waals surface area contributed by atoms with E-state index in [1.165, 1.54) is 0 Å². The zero-order valence-corrected chi connectivity index (χ0v) is 13.2. The van der Waals surface area contributed by atoms with Crippen LogP contribution in [0.3, 0.4) is 0 Å². The predicted molar refractivity (Wildman–Crippen MR) is 75.4 cm³/mol. The highest BCUT2D eigenvalue weighted by molar-refractivity contribution is 8.13. The van der Waals surface area contributed by atoms with Crippen molar-refractivity contribution in [2.24, 2.45) is 10.8 Å². The van der Waals surface area contributed by atoms with Gasteiger partial charge >= 0.3 is 0 Å². The zero-order valence-electron chi connectivity index (χ0n) is 11.7. The summed E-state index contributed by atoms with van der Waals surface area (Å²) < 4.78 is 28.3. The molecule has 0 bridgehead atoms. The Hall–Kier alpha value is 0.200. The number of hydrogen-bond acceptors (Lipinski definition) is 3. The minimum atomic E-state index is -3.44. The quantitative estimate of drug-likeness (QED) is 0.556. The van der Waals surface area contributed by atoms with Gasteiger partial charge in [-0.1, -0.05) is 33.6 Å². The Morgan fingerprint density at radius 2 is 1.78 bits per heavy atom. The molecule has 18 heavy (non-hydrogen) atoms. The molecule has 3 nitrogen and oxygen atoms in total. The second-order valence-corrected chi connectivity index (χ2v) is 9.53. The largest absolute Gasteiger partial charge is 0.381 e. The first-order valence-electron chi connectivity index (χ1n) is 6.62. The van der Waals surface area contributed by atoms with Crippen molar-refractivity contribution < 1.29 is 13.2 Å². The van der Waals surface area contributed by atoms with E-state index < -0.39 is 9.05 Å². The molecule has 0 atom stereocenters. The van der Waals surface area contributed by atoms with E-state index in [1.54, 1.807) is 0 Å². The summed E-state index contributed by atoms with van der Waals surface area (Å²) in [6.45, 7) is 7.73. The fraction of sp³-hybridized carbons (Fsp3) is 1.00. The molecule has 1 rings (SSSR count). The summed E-state index contributed by atoms with van der Waals surface area (Å²) in [6, 6.07) is 0. The van der Waals surface area contributed by atoms with Crippen LogP contribution in [-0.4, -0.2) is 27.4 Å². The molecule has 1 aliphatic carbocycles. The Bertz CT molecular complexity index is 351. The highest BCUT2D eigenvalue weighted by atomic mass is 35.7. The van der Waals surface area contributed by atoms with Crippen LogP contribution < -0.4 is 0 Å². The van der Waals surface area contributed by atoms with Gasteiger partial charge < -0.3 is 4.74 Å². The van der Waals surface area contributed by atoms with Gasteiger partial charge in [-0.05, 0) is 24.7 Å². The maximum Gasteiger partial charge on any atom is 0.233 e. The molecule has 0 amide bonds. The van der Waals surface area contributed by atoms with Crippen molar-refractivity contribution in [2.45, 2.75) is 52.9 Å². The molecule has 0 saturated heterocycles. The molecule has 0 aromatic rings. The lowest BCUT2D eigenvalue weighted by Crippen LogP contribution is -2.31. The van der Waals surface area contributed by atoms with Gasteiger partial charge in [0.1, 0.15) is 0 Å². The van der Waals surface area contributed by atoms with Gasteiger partial charge in [0.05, 0.1) is 12.4 Å². The lowest BCUT2D eigenvalue weighted by Gasteiger charge is -2.28. The first-order valence-corrected chi connectivity index (χ1v) is 9.10. The Morgan fingerprint density at radius 1 is 1.22 bits per heavy atom. The molecule has 0 aliphatic heterocycles. The highest BCUT2D eigenvalue weighted by Crippen LogP contribution is 2.40. The van der Waals surface area contributed by atoms with Crippen molar-refractivity contribution in [1.82, 2.24) is 0 Å². The second kappa shape index (κ2) is 6.10. The first-order chi connectivity index (χ1) is 8.12. The van der Waals surface area contributed by atoms with Crippen molar-refractivity contribution in [1.29, 1.82) is 0 Å². The fourth-order valence-corrected chi connectivity index (χ4v) is 4.29. The molecule has 0 unspecified atom stereocenters. The average molecular weight is 297 g/mol. The molecule has 0 aromatic carbocycles. The molecule has 108 valence electrons. The third-order valence-electron chi connectivity index (χ3n) is 3.55. The van der Waals surface area contributed by atoms with Crippen LogP contribution >= 0.6 is 10.7 Å². The zero-order chi connectivity index (χ0) is 13.9. The third kappa shape index (κ3) is 6.39. The van der Waals surface area contributed by atoms with E-state index in [9.17, 15) is 8.42 Å². The Kier molecular flexibility index (Phi) is 5.51. The molecule has 1 aliphatic rings. The minimum Gasteiger partial charge on any atom is -0.381 e. The van der Waals surface area contributed by atoms with Crippen LogP contribution in [0.15, 0.2) is 0 Å². The van der Waals surface area contributed by atoms with Gasteiger partial charge in [0, 0.05) is 22.7 Å². The monoisotopic (exact) mass is 296 g/mol. The molecule has 1 fully saturated rings. The van der Waals surface area contributed by atoms with E-state index in [0.29, 0.717) is 13.2 Å². The van der Waals surface area contributed by atoms with Crippen molar-refractivity contribution >= 4 is 19.7 Å². The van der Waals surface area contributed by atoms with E-state index in [2.05, 4.69) is 20.8 Å². The van der Waals surface area contributed by atoms with Crippen LogP contribution in [0.4, 0.5) is 0 Å². The van der Waals surface area contributed by atoms with Crippen LogP contribution in [0.5, 0.6) is 0 Å². The van der Waals surface area contributed by atoms with Crippen molar-refractivity contribution in [3.05, 3.63) is 0 Å². The average Bonchev–Trinajstić information content (AvgIpc) is 2.57. The molecule has 0 radical (unpaired) electrons. The topological polar surface area (TPSA) is 43.4 Å². The molecule has 1 saturated carbocycles. The first kappa shape index (κ1) is 16.3. The summed E-state index contributed by atoms with van der Waals surface area (Å²) in [6.07, 6.45) is 4.96. The molecule has 0 spiro atoms. The van der Waals surface area contributed by atoms with Crippen LogP contribution in [0.2, 0.25) is 0 Å². The van der Waals surface area contributed by atoms with E-state index >= 15 is 0 Å². The highest BCUT2D eigenvalue weighted by Gasteiger charge is 2.38. The summed E-state index contributed by atoms with van der Waals surface area (Å²) in [5, 5.41) is 0. The Morgan fingerprint density at radius 3 is 2.22 bits per heavy atom. The third-order valence-corrected chi connectivity index (χ3v) is 4.83. The van der Waals surface area contributed by atoms with Crippen LogP contribution in [0.25, 0.3) is 0 Å². The van der Waals surface area contributed by atoms with Crippen LogP contribution in [0, 0.1) is 10.8 Å². The van der Waals surface area contributed by atoms with E-state index in [4.69, 9.17) is 15.4 Å². The van der Waals surface area contributed by atoms with E-state index in [0.717, 1.165) is 32.1 Å². The molecule has 0 N–H and O–H groups in total. The van der Waals surface area contributed by atoms with Crippen LogP contribution in [0.1, 0.15) is 52.9 Å². The lowest BCUT2D eigenvalue weighted by atomic mass is 9.89. The molecule has 0 heterocycles. The summed E-state index contributed by atoms with van der Waals surface area (Å²) in [5.41, 5.74) is 0.0138. The van der Waals surface area contributed by atoms with Gasteiger partial charge in [-0.3, -0.25) is 0 Å². The SMILES string of the molecule is CC(C)(C)CCOCC1(CS(=O)(=O)Cl)CCCC1. The number of hydrogen-bond donors (Lipinski definition) is 0. The van der Waals surface area contributed by atoms with Gasteiger partial charge in [-0.2, -0.15) is 0 Å². The van der Waals surface area contributed by atoms with Gasteiger partial charge in [0.2, 0.25) is 9.05 Å².